The molecule has 2 atom stereocenters. The number of benzene rings is 1. The maximum atomic E-state index is 12.7. The van der Waals surface area contributed by atoms with Gasteiger partial charge in [-0.3, -0.25) is 0 Å². The number of rotatable bonds is 2. The Morgan fingerprint density at radius 3 is 2.63 bits per heavy atom. The highest BCUT2D eigenvalue weighted by Crippen LogP contribution is 2.46. The highest BCUT2D eigenvalue weighted by Gasteiger charge is 2.48. The van der Waals surface area contributed by atoms with E-state index in [0.717, 1.165) is 12.0 Å². The molecule has 0 radical (unpaired) electrons. The first-order valence-corrected chi connectivity index (χ1v) is 7.82. The second kappa shape index (κ2) is 4.05. The minimum atomic E-state index is -3.41. The van der Waals surface area contributed by atoms with Gasteiger partial charge in [0.15, 0.2) is 0 Å². The molecule has 0 aromatic heterocycles. The summed E-state index contributed by atoms with van der Waals surface area (Å²) in [7, 11) is -3.41. The van der Waals surface area contributed by atoms with Crippen LogP contribution in [0.4, 0.5) is 0 Å². The number of hydrogen-bond donors (Lipinski definition) is 0. The third kappa shape index (κ3) is 1.86. The van der Waals surface area contributed by atoms with Gasteiger partial charge in [-0.2, -0.15) is 4.31 Å². The fourth-order valence-electron chi connectivity index (χ4n) is 2.91. The van der Waals surface area contributed by atoms with Crippen LogP contribution >= 0.6 is 0 Å². The lowest BCUT2D eigenvalue weighted by atomic mass is 9.78. The van der Waals surface area contributed by atoms with Gasteiger partial charge in [0, 0.05) is 18.0 Å². The summed E-state index contributed by atoms with van der Waals surface area (Å²) >= 11 is 0. The molecule has 19 heavy (non-hydrogen) atoms. The molecule has 1 heterocycles. The van der Waals surface area contributed by atoms with E-state index >= 15 is 0 Å². The first-order chi connectivity index (χ1) is 8.93. The molecule has 1 aromatic rings. The average molecular weight is 275 g/mol. The van der Waals surface area contributed by atoms with Crippen molar-refractivity contribution in [3.8, 4) is 0 Å². The van der Waals surface area contributed by atoms with Crippen molar-refractivity contribution in [2.24, 2.45) is 5.41 Å². The SMILES string of the molecule is C=C1C=C[C@H]2C[C@@]1(C)CN2S(=O)(=O)c1ccccc1. The van der Waals surface area contributed by atoms with Crippen LogP contribution in [0, 0.1) is 5.41 Å². The quantitative estimate of drug-likeness (QED) is 0.832. The molecule has 1 aliphatic heterocycles. The Morgan fingerprint density at radius 2 is 2.00 bits per heavy atom. The summed E-state index contributed by atoms with van der Waals surface area (Å²) < 4.78 is 27.0. The first-order valence-electron chi connectivity index (χ1n) is 6.38. The number of fused-ring (bicyclic) bond motifs is 2. The monoisotopic (exact) mass is 275 g/mol. The van der Waals surface area contributed by atoms with E-state index in [1.165, 1.54) is 0 Å². The van der Waals surface area contributed by atoms with Crippen LogP contribution in [0.3, 0.4) is 0 Å². The summed E-state index contributed by atoms with van der Waals surface area (Å²) in [5.74, 6) is 0. The molecule has 100 valence electrons. The van der Waals surface area contributed by atoms with Crippen LogP contribution in [0.1, 0.15) is 13.3 Å². The van der Waals surface area contributed by atoms with Crippen LogP contribution < -0.4 is 0 Å². The minimum Gasteiger partial charge on any atom is -0.207 e. The van der Waals surface area contributed by atoms with Gasteiger partial charge in [-0.05, 0) is 24.1 Å². The van der Waals surface area contributed by atoms with Gasteiger partial charge >= 0.3 is 0 Å². The lowest BCUT2D eigenvalue weighted by Gasteiger charge is -2.25. The second-order valence-corrected chi connectivity index (χ2v) is 7.47. The largest absolute Gasteiger partial charge is 0.243 e. The van der Waals surface area contributed by atoms with Crippen molar-refractivity contribution < 1.29 is 8.42 Å². The zero-order chi connectivity index (χ0) is 13.7. The van der Waals surface area contributed by atoms with Gasteiger partial charge in [0.05, 0.1) is 4.90 Å². The Bertz CT molecular complexity index is 648. The topological polar surface area (TPSA) is 37.4 Å². The summed E-state index contributed by atoms with van der Waals surface area (Å²) in [5, 5.41) is 0. The molecule has 1 saturated heterocycles. The van der Waals surface area contributed by atoms with Crippen molar-refractivity contribution in [2.45, 2.75) is 24.3 Å². The van der Waals surface area contributed by atoms with Crippen LogP contribution in [-0.2, 0) is 10.0 Å². The van der Waals surface area contributed by atoms with Crippen LogP contribution in [0.25, 0.3) is 0 Å². The van der Waals surface area contributed by atoms with Gasteiger partial charge in [0.2, 0.25) is 10.0 Å². The number of hydrogen-bond acceptors (Lipinski definition) is 2. The van der Waals surface area contributed by atoms with Crippen LogP contribution in [0.5, 0.6) is 0 Å². The van der Waals surface area contributed by atoms with Gasteiger partial charge in [0.25, 0.3) is 0 Å². The van der Waals surface area contributed by atoms with E-state index < -0.39 is 10.0 Å². The third-order valence-corrected chi connectivity index (χ3v) is 6.06. The average Bonchev–Trinajstić information content (AvgIpc) is 2.70. The maximum Gasteiger partial charge on any atom is 0.243 e. The predicted octanol–water partition coefficient (Wildman–Crippen LogP) is 2.58. The molecule has 2 bridgehead atoms. The molecule has 0 N–H and O–H groups in total. The molecule has 3 nitrogen and oxygen atoms in total. The van der Waals surface area contributed by atoms with Crippen LogP contribution in [0.15, 0.2) is 59.5 Å². The summed E-state index contributed by atoms with van der Waals surface area (Å²) in [6.07, 6.45) is 4.75. The summed E-state index contributed by atoms with van der Waals surface area (Å²) in [5.41, 5.74) is 0.899. The molecule has 1 fully saturated rings. The van der Waals surface area contributed by atoms with Crippen LogP contribution in [-0.4, -0.2) is 25.3 Å². The Labute approximate surface area is 114 Å². The molecule has 0 spiro atoms. The number of nitrogens with zero attached hydrogens (tertiary/aromatic N) is 1. The van der Waals surface area contributed by atoms with Crippen molar-refractivity contribution in [1.29, 1.82) is 0 Å². The van der Waals surface area contributed by atoms with E-state index in [-0.39, 0.29) is 11.5 Å². The molecular formula is C15H17NO2S. The normalized spacial score (nSPS) is 30.8. The fourth-order valence-corrected chi connectivity index (χ4v) is 4.63. The second-order valence-electron chi connectivity index (χ2n) is 5.58. The maximum absolute atomic E-state index is 12.7. The third-order valence-electron chi connectivity index (χ3n) is 4.18. The molecule has 0 amide bonds. The van der Waals surface area contributed by atoms with E-state index in [1.54, 1.807) is 28.6 Å². The molecular weight excluding hydrogens is 258 g/mol. The van der Waals surface area contributed by atoms with Gasteiger partial charge in [-0.25, -0.2) is 8.42 Å². The minimum absolute atomic E-state index is 0.0410. The Balaban J connectivity index is 2.02. The summed E-state index contributed by atoms with van der Waals surface area (Å²) in [6, 6.07) is 8.60. The summed E-state index contributed by atoms with van der Waals surface area (Å²) in [6.45, 7) is 6.65. The summed E-state index contributed by atoms with van der Waals surface area (Å²) in [4.78, 5) is 0.366. The highest BCUT2D eigenvalue weighted by atomic mass is 32.2. The smallest absolute Gasteiger partial charge is 0.207 e. The zero-order valence-corrected chi connectivity index (χ0v) is 11.7. The Hall–Kier alpha value is -1.39. The van der Waals surface area contributed by atoms with Gasteiger partial charge in [-0.15, -0.1) is 0 Å². The van der Waals surface area contributed by atoms with Crippen molar-refractivity contribution in [2.75, 3.05) is 6.54 Å². The molecule has 0 unspecified atom stereocenters. The lowest BCUT2D eigenvalue weighted by molar-refractivity contribution is 0.403. The number of allylic oxidation sites excluding steroid dienone is 1. The van der Waals surface area contributed by atoms with Gasteiger partial charge < -0.3 is 0 Å². The molecule has 1 aromatic carbocycles. The lowest BCUT2D eigenvalue weighted by Crippen LogP contribution is -2.34. The van der Waals surface area contributed by atoms with Crippen molar-refractivity contribution in [1.82, 2.24) is 4.31 Å². The van der Waals surface area contributed by atoms with Crippen LogP contribution in [0.2, 0.25) is 0 Å². The fraction of sp³-hybridized carbons (Fsp3) is 0.333. The zero-order valence-electron chi connectivity index (χ0n) is 10.9. The first kappa shape index (κ1) is 12.6. The molecule has 3 rings (SSSR count). The predicted molar refractivity (Wildman–Crippen MR) is 75.1 cm³/mol. The van der Waals surface area contributed by atoms with Crippen molar-refractivity contribution in [3.05, 3.63) is 54.6 Å². The molecule has 0 saturated carbocycles. The van der Waals surface area contributed by atoms with Crippen molar-refractivity contribution in [3.63, 3.8) is 0 Å². The van der Waals surface area contributed by atoms with E-state index in [2.05, 4.69) is 13.5 Å². The molecule has 1 aliphatic carbocycles. The van der Waals surface area contributed by atoms with E-state index in [4.69, 9.17) is 0 Å². The number of sulfonamides is 1. The van der Waals surface area contributed by atoms with E-state index in [9.17, 15) is 8.42 Å². The van der Waals surface area contributed by atoms with Gasteiger partial charge in [0.1, 0.15) is 0 Å². The van der Waals surface area contributed by atoms with Gasteiger partial charge in [-0.1, -0.05) is 43.9 Å². The molecule has 2 aliphatic rings. The van der Waals surface area contributed by atoms with E-state index in [0.29, 0.717) is 11.4 Å². The Morgan fingerprint density at radius 1 is 1.32 bits per heavy atom. The standard InChI is InChI=1S/C15H17NO2S/c1-12-8-9-13-10-15(12,2)11-16(13)19(17,18)14-6-4-3-5-7-14/h3-9,13H,1,10-11H2,2H3/t13-,15-/m0/s1. The van der Waals surface area contributed by atoms with Crippen molar-refractivity contribution >= 4 is 10.0 Å². The van der Waals surface area contributed by atoms with E-state index in [1.807, 2.05) is 18.2 Å². The highest BCUT2D eigenvalue weighted by molar-refractivity contribution is 7.89. The molecule has 4 heteroatoms. The Kier molecular flexibility index (Phi) is 2.69.